The summed E-state index contributed by atoms with van der Waals surface area (Å²) in [4.78, 5) is 42.8. The lowest BCUT2D eigenvalue weighted by molar-refractivity contribution is -0.143. The molecule has 3 amide bonds. The summed E-state index contributed by atoms with van der Waals surface area (Å²) in [5.41, 5.74) is 2.40. The molecular formula is C32H47N3O5S. The minimum absolute atomic E-state index is 0.0328. The second kappa shape index (κ2) is 15.1. The third kappa shape index (κ3) is 10.3. The number of thiol groups is 1. The van der Waals surface area contributed by atoms with Crippen molar-refractivity contribution in [2.45, 2.75) is 92.0 Å². The van der Waals surface area contributed by atoms with Crippen LogP contribution in [0.4, 0.5) is 10.5 Å². The molecule has 0 spiro atoms. The van der Waals surface area contributed by atoms with Crippen LogP contribution in [0.1, 0.15) is 77.1 Å². The number of hydrogen-bond acceptors (Lipinski definition) is 6. The number of ether oxygens (including phenoxy) is 2. The zero-order valence-corrected chi connectivity index (χ0v) is 26.8. The summed E-state index contributed by atoms with van der Waals surface area (Å²) in [6.45, 7) is 15.3. The molecule has 2 N–H and O–H groups in total. The molecule has 0 fully saturated rings. The van der Waals surface area contributed by atoms with Gasteiger partial charge in [-0.05, 0) is 95.7 Å². The highest BCUT2D eigenvalue weighted by Gasteiger charge is 2.39. The predicted octanol–water partition coefficient (Wildman–Crippen LogP) is 6.47. The van der Waals surface area contributed by atoms with Crippen LogP contribution >= 0.6 is 12.6 Å². The third-order valence-electron chi connectivity index (χ3n) is 6.68. The van der Waals surface area contributed by atoms with E-state index in [9.17, 15) is 14.4 Å². The highest BCUT2D eigenvalue weighted by atomic mass is 32.1. The van der Waals surface area contributed by atoms with E-state index in [1.165, 1.54) is 0 Å². The summed E-state index contributed by atoms with van der Waals surface area (Å²) in [5.74, 6) is 0.340. The minimum atomic E-state index is -1.00. The van der Waals surface area contributed by atoms with E-state index in [4.69, 9.17) is 9.47 Å². The van der Waals surface area contributed by atoms with Gasteiger partial charge in [-0.1, -0.05) is 37.6 Å². The largest absolute Gasteiger partial charge is 0.497 e. The SMILES string of the molecule is COc1ccc(NC(=O)C(c2cc(C)ccc2C)N(C(=O)C(CS)NC(=O)OC(C)(C)C)C(C)CCC(C)C)cc1. The lowest BCUT2D eigenvalue weighted by Crippen LogP contribution is -2.55. The third-order valence-corrected chi connectivity index (χ3v) is 7.04. The summed E-state index contributed by atoms with van der Waals surface area (Å²) in [7, 11) is 1.58. The van der Waals surface area contributed by atoms with Gasteiger partial charge in [-0.15, -0.1) is 0 Å². The highest BCUT2D eigenvalue weighted by Crippen LogP contribution is 2.31. The molecule has 0 saturated heterocycles. The molecule has 3 unspecified atom stereocenters. The molecular weight excluding hydrogens is 538 g/mol. The van der Waals surface area contributed by atoms with Gasteiger partial charge in [0.15, 0.2) is 0 Å². The molecule has 41 heavy (non-hydrogen) atoms. The van der Waals surface area contributed by atoms with Crippen LogP contribution in [0.25, 0.3) is 0 Å². The first-order valence-electron chi connectivity index (χ1n) is 14.1. The van der Waals surface area contributed by atoms with Gasteiger partial charge in [0.1, 0.15) is 23.4 Å². The Hall–Kier alpha value is -3.20. The number of aryl methyl sites for hydroxylation is 2. The number of rotatable bonds is 12. The fraction of sp³-hybridized carbons (Fsp3) is 0.531. The first-order valence-corrected chi connectivity index (χ1v) is 14.7. The Morgan fingerprint density at radius 3 is 2.15 bits per heavy atom. The van der Waals surface area contributed by atoms with E-state index < -0.39 is 29.7 Å². The molecule has 0 aliphatic carbocycles. The molecule has 0 saturated carbocycles. The van der Waals surface area contributed by atoms with Crippen molar-refractivity contribution in [2.75, 3.05) is 18.2 Å². The van der Waals surface area contributed by atoms with Crippen LogP contribution in [0.2, 0.25) is 0 Å². The van der Waals surface area contributed by atoms with Gasteiger partial charge in [-0.25, -0.2) is 4.79 Å². The molecule has 0 bridgehead atoms. The van der Waals surface area contributed by atoms with E-state index in [2.05, 4.69) is 37.1 Å². The normalized spacial score (nSPS) is 13.6. The van der Waals surface area contributed by atoms with E-state index in [0.717, 1.165) is 23.1 Å². The van der Waals surface area contributed by atoms with Crippen LogP contribution in [-0.4, -0.2) is 53.4 Å². The Kier molecular flexibility index (Phi) is 12.6. The molecule has 3 atom stereocenters. The van der Waals surface area contributed by atoms with Crippen LogP contribution in [0.5, 0.6) is 5.75 Å². The van der Waals surface area contributed by atoms with Crippen LogP contribution in [-0.2, 0) is 14.3 Å². The number of alkyl carbamates (subject to hydrolysis) is 1. The van der Waals surface area contributed by atoms with Crippen molar-refractivity contribution in [1.82, 2.24) is 10.2 Å². The van der Waals surface area contributed by atoms with Crippen molar-refractivity contribution < 1.29 is 23.9 Å². The minimum Gasteiger partial charge on any atom is -0.497 e. The molecule has 0 aliphatic rings. The van der Waals surface area contributed by atoms with E-state index >= 15 is 0 Å². The molecule has 9 heteroatoms. The molecule has 8 nitrogen and oxygen atoms in total. The number of methoxy groups -OCH3 is 1. The van der Waals surface area contributed by atoms with Crippen molar-refractivity contribution >= 4 is 36.2 Å². The molecule has 0 radical (unpaired) electrons. The standard InChI is InChI=1S/C32H47N3O5S/c1-20(2)10-13-23(5)35(30(37)27(19-41)34-31(38)40-32(6,7)8)28(26-18-21(3)11-12-22(26)4)29(36)33-24-14-16-25(39-9)17-15-24/h11-12,14-18,20,23,27-28,41H,10,13,19H2,1-9H3,(H,33,36)(H,34,38). The molecule has 2 aromatic carbocycles. The quantitative estimate of drug-likeness (QED) is 0.248. The lowest BCUT2D eigenvalue weighted by Gasteiger charge is -2.39. The Morgan fingerprint density at radius 1 is 0.976 bits per heavy atom. The number of benzene rings is 2. The molecule has 0 heterocycles. The summed E-state index contributed by atoms with van der Waals surface area (Å²) < 4.78 is 10.7. The molecule has 0 aromatic heterocycles. The number of nitrogens with zero attached hydrogens (tertiary/aromatic N) is 1. The Bertz CT molecular complexity index is 1180. The molecule has 2 aromatic rings. The summed E-state index contributed by atoms with van der Waals surface area (Å²) in [5, 5.41) is 5.69. The van der Waals surface area contributed by atoms with Crippen LogP contribution in [0.15, 0.2) is 42.5 Å². The maximum atomic E-state index is 14.3. The number of carbonyl (C=O) groups excluding carboxylic acids is 3. The van der Waals surface area contributed by atoms with Gasteiger partial charge in [-0.2, -0.15) is 12.6 Å². The van der Waals surface area contributed by atoms with Crippen molar-refractivity contribution in [1.29, 1.82) is 0 Å². The van der Waals surface area contributed by atoms with Crippen LogP contribution in [0, 0.1) is 19.8 Å². The number of carbonyl (C=O) groups is 3. The Labute approximate surface area is 251 Å². The summed E-state index contributed by atoms with van der Waals surface area (Å²) >= 11 is 4.40. The number of nitrogens with one attached hydrogen (secondary N) is 2. The van der Waals surface area contributed by atoms with Crippen LogP contribution in [0.3, 0.4) is 0 Å². The zero-order valence-electron chi connectivity index (χ0n) is 25.9. The van der Waals surface area contributed by atoms with Gasteiger partial charge < -0.3 is 25.0 Å². The second-order valence-corrected chi connectivity index (χ2v) is 12.3. The number of amides is 3. The first kappa shape index (κ1) is 34.0. The molecule has 0 aliphatic heterocycles. The first-order chi connectivity index (χ1) is 19.2. The van der Waals surface area contributed by atoms with Gasteiger partial charge in [0.25, 0.3) is 5.91 Å². The summed E-state index contributed by atoms with van der Waals surface area (Å²) in [6, 6.07) is 10.6. The fourth-order valence-electron chi connectivity index (χ4n) is 4.48. The molecule has 2 rings (SSSR count). The maximum absolute atomic E-state index is 14.3. The van der Waals surface area contributed by atoms with Gasteiger partial charge in [0.05, 0.1) is 7.11 Å². The van der Waals surface area contributed by atoms with Crippen molar-refractivity contribution in [3.63, 3.8) is 0 Å². The second-order valence-electron chi connectivity index (χ2n) is 11.9. The lowest BCUT2D eigenvalue weighted by atomic mass is 9.93. The number of hydrogen-bond donors (Lipinski definition) is 3. The highest BCUT2D eigenvalue weighted by molar-refractivity contribution is 7.80. The average molecular weight is 586 g/mol. The van der Waals surface area contributed by atoms with E-state index in [-0.39, 0.29) is 17.7 Å². The predicted molar refractivity (Wildman–Crippen MR) is 168 cm³/mol. The van der Waals surface area contributed by atoms with Gasteiger partial charge in [-0.3, -0.25) is 9.59 Å². The van der Waals surface area contributed by atoms with E-state index in [1.807, 2.05) is 39.0 Å². The smallest absolute Gasteiger partial charge is 0.408 e. The Balaban J connectivity index is 2.61. The fourth-order valence-corrected chi connectivity index (χ4v) is 4.73. The van der Waals surface area contributed by atoms with E-state index in [1.54, 1.807) is 57.0 Å². The maximum Gasteiger partial charge on any atom is 0.408 e. The zero-order chi connectivity index (χ0) is 30.9. The van der Waals surface area contributed by atoms with Gasteiger partial charge in [0.2, 0.25) is 5.91 Å². The van der Waals surface area contributed by atoms with Gasteiger partial charge >= 0.3 is 6.09 Å². The van der Waals surface area contributed by atoms with Crippen LogP contribution < -0.4 is 15.4 Å². The average Bonchev–Trinajstić information content (AvgIpc) is 2.89. The van der Waals surface area contributed by atoms with Crippen molar-refractivity contribution in [3.05, 3.63) is 59.2 Å². The Morgan fingerprint density at radius 2 is 1.61 bits per heavy atom. The number of anilines is 1. The van der Waals surface area contributed by atoms with E-state index in [0.29, 0.717) is 23.8 Å². The topological polar surface area (TPSA) is 97.0 Å². The van der Waals surface area contributed by atoms with Crippen molar-refractivity contribution in [3.8, 4) is 5.75 Å². The monoisotopic (exact) mass is 585 g/mol. The van der Waals surface area contributed by atoms with Crippen molar-refractivity contribution in [2.24, 2.45) is 5.92 Å². The molecule has 226 valence electrons. The summed E-state index contributed by atoms with van der Waals surface area (Å²) in [6.07, 6.45) is 0.813. The van der Waals surface area contributed by atoms with Gasteiger partial charge in [0, 0.05) is 17.5 Å².